The Balaban J connectivity index is 2.09. The van der Waals surface area contributed by atoms with Gasteiger partial charge < -0.3 is 10.4 Å². The summed E-state index contributed by atoms with van der Waals surface area (Å²) in [6, 6.07) is 5.25. The lowest BCUT2D eigenvalue weighted by atomic mass is 10.1. The molecular weight excluding hydrogens is 232 g/mol. The summed E-state index contributed by atoms with van der Waals surface area (Å²) in [6.07, 6.45) is 2.57. The van der Waals surface area contributed by atoms with E-state index in [1.807, 2.05) is 0 Å². The van der Waals surface area contributed by atoms with E-state index in [-0.39, 0.29) is 22.6 Å². The van der Waals surface area contributed by atoms with Crippen LogP contribution in [0.5, 0.6) is 0 Å². The van der Waals surface area contributed by atoms with Gasteiger partial charge in [0.2, 0.25) is 0 Å². The number of hydrogen-bond donors (Lipinski definition) is 2. The quantitative estimate of drug-likeness (QED) is 0.636. The first-order valence-electron chi connectivity index (χ1n) is 6.25. The second-order valence-corrected chi connectivity index (χ2v) is 4.87. The Morgan fingerprint density at radius 3 is 2.89 bits per heavy atom. The summed E-state index contributed by atoms with van der Waals surface area (Å²) < 4.78 is 0. The molecule has 2 rings (SSSR count). The summed E-state index contributed by atoms with van der Waals surface area (Å²) in [4.78, 5) is 10.7. The highest BCUT2D eigenvalue weighted by Crippen LogP contribution is 2.30. The summed E-state index contributed by atoms with van der Waals surface area (Å²) in [5.41, 5.74) is 1.32. The minimum Gasteiger partial charge on any atom is -0.393 e. The number of nitrogens with one attached hydrogen (secondary N) is 1. The third kappa shape index (κ3) is 2.61. The molecule has 0 saturated heterocycles. The zero-order valence-electron chi connectivity index (χ0n) is 10.4. The van der Waals surface area contributed by atoms with Crippen LogP contribution in [0.4, 0.5) is 11.4 Å². The van der Waals surface area contributed by atoms with Crippen LogP contribution in [0.2, 0.25) is 0 Å². The van der Waals surface area contributed by atoms with Crippen molar-refractivity contribution in [3.05, 3.63) is 33.9 Å². The predicted octanol–water partition coefficient (Wildman–Crippen LogP) is 2.48. The van der Waals surface area contributed by atoms with Gasteiger partial charge in [-0.05, 0) is 25.8 Å². The molecule has 1 aliphatic rings. The fourth-order valence-electron chi connectivity index (χ4n) is 2.54. The Bertz CT molecular complexity index is 448. The first-order chi connectivity index (χ1) is 8.59. The Hall–Kier alpha value is -1.62. The van der Waals surface area contributed by atoms with Crippen molar-refractivity contribution < 1.29 is 10.0 Å². The van der Waals surface area contributed by atoms with Crippen molar-refractivity contribution in [1.82, 2.24) is 0 Å². The molecule has 0 radical (unpaired) electrons. The van der Waals surface area contributed by atoms with E-state index in [0.29, 0.717) is 17.8 Å². The molecule has 5 nitrogen and oxygen atoms in total. The Labute approximate surface area is 106 Å². The van der Waals surface area contributed by atoms with E-state index in [0.717, 1.165) is 19.3 Å². The molecule has 1 saturated carbocycles. The standard InChI is InChI=1S/C13H18N2O3/c1-9-4-2-6-11(13(9)15(17)18)14-8-10-5-3-7-12(10)16/h2,4,6,10,12,14,16H,3,5,7-8H2,1H3. The van der Waals surface area contributed by atoms with Crippen LogP contribution in [-0.4, -0.2) is 22.7 Å². The Kier molecular flexibility index (Phi) is 3.81. The maximum absolute atomic E-state index is 11.0. The van der Waals surface area contributed by atoms with Crippen LogP contribution in [0.3, 0.4) is 0 Å². The van der Waals surface area contributed by atoms with E-state index >= 15 is 0 Å². The van der Waals surface area contributed by atoms with Crippen molar-refractivity contribution in [2.24, 2.45) is 5.92 Å². The predicted molar refractivity (Wildman–Crippen MR) is 69.7 cm³/mol. The van der Waals surface area contributed by atoms with Gasteiger partial charge in [0.15, 0.2) is 0 Å². The highest BCUT2D eigenvalue weighted by molar-refractivity contribution is 5.65. The number of anilines is 1. The SMILES string of the molecule is Cc1cccc(NCC2CCCC2O)c1[N+](=O)[O-]. The van der Waals surface area contributed by atoms with Crippen molar-refractivity contribution in [2.75, 3.05) is 11.9 Å². The average Bonchev–Trinajstić information content (AvgIpc) is 2.71. The number of nitrogens with zero attached hydrogens (tertiary/aromatic N) is 1. The van der Waals surface area contributed by atoms with Gasteiger partial charge >= 0.3 is 0 Å². The first-order valence-corrected chi connectivity index (χ1v) is 6.25. The lowest BCUT2D eigenvalue weighted by Gasteiger charge is -2.16. The molecule has 0 aromatic heterocycles. The minimum absolute atomic E-state index is 0.130. The monoisotopic (exact) mass is 250 g/mol. The van der Waals surface area contributed by atoms with Crippen molar-refractivity contribution in [1.29, 1.82) is 0 Å². The molecule has 1 aromatic carbocycles. The number of aliphatic hydroxyl groups is 1. The number of benzene rings is 1. The zero-order valence-corrected chi connectivity index (χ0v) is 10.4. The topological polar surface area (TPSA) is 75.4 Å². The maximum atomic E-state index is 11.0. The fraction of sp³-hybridized carbons (Fsp3) is 0.538. The molecule has 1 fully saturated rings. The lowest BCUT2D eigenvalue weighted by Crippen LogP contribution is -2.22. The summed E-state index contributed by atoms with van der Waals surface area (Å²) in [5, 5.41) is 23.9. The number of para-hydroxylation sites is 1. The molecular formula is C13H18N2O3. The highest BCUT2D eigenvalue weighted by Gasteiger charge is 2.26. The van der Waals surface area contributed by atoms with E-state index in [1.165, 1.54) is 0 Å². The number of aryl methyl sites for hydroxylation is 1. The van der Waals surface area contributed by atoms with Gasteiger partial charge in [-0.1, -0.05) is 18.6 Å². The largest absolute Gasteiger partial charge is 0.393 e. The molecule has 5 heteroatoms. The molecule has 0 heterocycles. The highest BCUT2D eigenvalue weighted by atomic mass is 16.6. The molecule has 98 valence electrons. The lowest BCUT2D eigenvalue weighted by molar-refractivity contribution is -0.384. The molecule has 2 atom stereocenters. The van der Waals surface area contributed by atoms with Gasteiger partial charge in [-0.2, -0.15) is 0 Å². The van der Waals surface area contributed by atoms with Gasteiger partial charge in [0.05, 0.1) is 11.0 Å². The summed E-state index contributed by atoms with van der Waals surface area (Å²) in [7, 11) is 0. The van der Waals surface area contributed by atoms with Crippen molar-refractivity contribution in [2.45, 2.75) is 32.3 Å². The number of nitro benzene ring substituents is 1. The van der Waals surface area contributed by atoms with E-state index in [9.17, 15) is 15.2 Å². The molecule has 18 heavy (non-hydrogen) atoms. The molecule has 1 aliphatic carbocycles. The number of rotatable bonds is 4. The first kappa shape index (κ1) is 12.8. The van der Waals surface area contributed by atoms with Gasteiger partial charge in [-0.3, -0.25) is 10.1 Å². The summed E-state index contributed by atoms with van der Waals surface area (Å²) in [6.45, 7) is 2.32. The Morgan fingerprint density at radius 2 is 2.28 bits per heavy atom. The van der Waals surface area contributed by atoms with Crippen molar-refractivity contribution in [3.8, 4) is 0 Å². The molecule has 0 spiro atoms. The third-order valence-corrected chi connectivity index (χ3v) is 3.59. The molecule has 2 unspecified atom stereocenters. The van der Waals surface area contributed by atoms with Crippen LogP contribution < -0.4 is 5.32 Å². The van der Waals surface area contributed by atoms with Crippen molar-refractivity contribution in [3.63, 3.8) is 0 Å². The van der Waals surface area contributed by atoms with Crippen LogP contribution in [0.15, 0.2) is 18.2 Å². The molecule has 1 aromatic rings. The normalized spacial score (nSPS) is 23.0. The number of aliphatic hydroxyl groups excluding tert-OH is 1. The van der Waals surface area contributed by atoms with Crippen LogP contribution in [-0.2, 0) is 0 Å². The Morgan fingerprint density at radius 1 is 1.50 bits per heavy atom. The second-order valence-electron chi connectivity index (χ2n) is 4.87. The van der Waals surface area contributed by atoms with Crippen LogP contribution in [0.25, 0.3) is 0 Å². The van der Waals surface area contributed by atoms with Gasteiger partial charge in [-0.25, -0.2) is 0 Å². The smallest absolute Gasteiger partial charge is 0.295 e. The van der Waals surface area contributed by atoms with Crippen LogP contribution in [0, 0.1) is 23.0 Å². The number of nitro groups is 1. The zero-order chi connectivity index (χ0) is 13.1. The van der Waals surface area contributed by atoms with E-state index < -0.39 is 0 Å². The van der Waals surface area contributed by atoms with E-state index in [1.54, 1.807) is 25.1 Å². The maximum Gasteiger partial charge on any atom is 0.295 e. The van der Waals surface area contributed by atoms with E-state index in [2.05, 4.69) is 5.32 Å². The van der Waals surface area contributed by atoms with Gasteiger partial charge in [0, 0.05) is 18.0 Å². The average molecular weight is 250 g/mol. The fourth-order valence-corrected chi connectivity index (χ4v) is 2.54. The van der Waals surface area contributed by atoms with Crippen LogP contribution in [0.1, 0.15) is 24.8 Å². The molecule has 0 amide bonds. The van der Waals surface area contributed by atoms with Gasteiger partial charge in [0.1, 0.15) is 5.69 Å². The summed E-state index contributed by atoms with van der Waals surface area (Å²) >= 11 is 0. The van der Waals surface area contributed by atoms with Crippen LogP contribution >= 0.6 is 0 Å². The minimum atomic E-state index is -0.358. The third-order valence-electron chi connectivity index (χ3n) is 3.59. The summed E-state index contributed by atoms with van der Waals surface area (Å²) in [5.74, 6) is 0.199. The van der Waals surface area contributed by atoms with Gasteiger partial charge in [-0.15, -0.1) is 0 Å². The second kappa shape index (κ2) is 5.35. The molecule has 2 N–H and O–H groups in total. The number of hydrogen-bond acceptors (Lipinski definition) is 4. The van der Waals surface area contributed by atoms with E-state index in [4.69, 9.17) is 0 Å². The molecule has 0 aliphatic heterocycles. The van der Waals surface area contributed by atoms with Crippen molar-refractivity contribution >= 4 is 11.4 Å². The van der Waals surface area contributed by atoms with Gasteiger partial charge in [0.25, 0.3) is 5.69 Å². The molecule has 0 bridgehead atoms.